The van der Waals surface area contributed by atoms with Crippen molar-refractivity contribution in [1.82, 2.24) is 0 Å². The van der Waals surface area contributed by atoms with Gasteiger partial charge in [0.1, 0.15) is 17.6 Å². The summed E-state index contributed by atoms with van der Waals surface area (Å²) in [5, 5.41) is 10.8. The minimum Gasteiger partial charge on any atom is -0.458 e. The number of para-hydroxylation sites is 1. The van der Waals surface area contributed by atoms with Crippen LogP contribution in [0.25, 0.3) is 6.08 Å². The van der Waals surface area contributed by atoms with E-state index in [0.29, 0.717) is 16.5 Å². The number of benzene rings is 2. The number of halogens is 1. The summed E-state index contributed by atoms with van der Waals surface area (Å²) < 4.78 is 5.63. The fourth-order valence-corrected chi connectivity index (χ4v) is 2.09. The van der Waals surface area contributed by atoms with E-state index in [9.17, 15) is 5.11 Å². The molecule has 0 bridgehead atoms. The number of rotatable bonds is 1. The largest absolute Gasteiger partial charge is 0.458 e. The third kappa shape index (κ3) is 2.01. The van der Waals surface area contributed by atoms with Crippen LogP contribution in [-0.4, -0.2) is 5.11 Å². The Balaban J connectivity index is 1.94. The summed E-state index contributed by atoms with van der Waals surface area (Å²) in [4.78, 5) is 0. The molecule has 1 unspecified atom stereocenters. The Kier molecular flexibility index (Phi) is 2.82. The number of aliphatic hydroxyl groups excluding tert-OH is 1. The van der Waals surface area contributed by atoms with Crippen molar-refractivity contribution in [3.05, 3.63) is 70.4 Å². The average molecular weight is 259 g/mol. The van der Waals surface area contributed by atoms with Gasteiger partial charge in [0.2, 0.25) is 0 Å². The Morgan fingerprint density at radius 3 is 2.50 bits per heavy atom. The number of fused-ring (bicyclic) bond motifs is 1. The molecule has 18 heavy (non-hydrogen) atoms. The molecule has 1 atom stereocenters. The minimum absolute atomic E-state index is 0.540. The quantitative estimate of drug-likeness (QED) is 0.843. The minimum atomic E-state index is -0.697. The SMILES string of the molecule is OC1/C(=C/c2ccc(Cl)cc2)Oc2ccccc21. The zero-order valence-electron chi connectivity index (χ0n) is 9.51. The third-order valence-electron chi connectivity index (χ3n) is 2.89. The Morgan fingerprint density at radius 2 is 1.78 bits per heavy atom. The molecule has 0 spiro atoms. The van der Waals surface area contributed by atoms with Gasteiger partial charge in [-0.15, -0.1) is 0 Å². The Morgan fingerprint density at radius 1 is 1.06 bits per heavy atom. The van der Waals surface area contributed by atoms with Gasteiger partial charge in [-0.2, -0.15) is 0 Å². The second-order valence-corrected chi connectivity index (χ2v) is 4.58. The normalized spacial score (nSPS) is 19.7. The van der Waals surface area contributed by atoms with Gasteiger partial charge in [-0.25, -0.2) is 0 Å². The van der Waals surface area contributed by atoms with Gasteiger partial charge in [0.05, 0.1) is 0 Å². The summed E-state index contributed by atoms with van der Waals surface area (Å²) >= 11 is 5.83. The number of hydrogen-bond donors (Lipinski definition) is 1. The van der Waals surface area contributed by atoms with Gasteiger partial charge in [0.15, 0.2) is 0 Å². The van der Waals surface area contributed by atoms with Crippen LogP contribution in [0.2, 0.25) is 5.02 Å². The molecule has 1 aliphatic rings. The molecule has 0 aliphatic carbocycles. The van der Waals surface area contributed by atoms with Gasteiger partial charge in [0.25, 0.3) is 0 Å². The molecular weight excluding hydrogens is 248 g/mol. The van der Waals surface area contributed by atoms with Gasteiger partial charge < -0.3 is 9.84 Å². The van der Waals surface area contributed by atoms with E-state index in [1.54, 1.807) is 0 Å². The first kappa shape index (κ1) is 11.3. The molecule has 2 nitrogen and oxygen atoms in total. The zero-order valence-corrected chi connectivity index (χ0v) is 10.3. The van der Waals surface area contributed by atoms with Crippen molar-refractivity contribution >= 4 is 17.7 Å². The van der Waals surface area contributed by atoms with Gasteiger partial charge in [-0.05, 0) is 29.8 Å². The lowest BCUT2D eigenvalue weighted by atomic mass is 10.1. The molecular formula is C15H11ClO2. The molecule has 0 amide bonds. The molecule has 2 aromatic carbocycles. The molecule has 0 saturated carbocycles. The topological polar surface area (TPSA) is 29.5 Å². The van der Waals surface area contributed by atoms with Crippen LogP contribution in [0.4, 0.5) is 0 Å². The van der Waals surface area contributed by atoms with Crippen molar-refractivity contribution < 1.29 is 9.84 Å². The summed E-state index contributed by atoms with van der Waals surface area (Å²) in [5.41, 5.74) is 1.75. The highest BCUT2D eigenvalue weighted by Crippen LogP contribution is 2.39. The van der Waals surface area contributed by atoms with E-state index in [0.717, 1.165) is 11.1 Å². The second-order valence-electron chi connectivity index (χ2n) is 4.14. The summed E-state index contributed by atoms with van der Waals surface area (Å²) in [6, 6.07) is 14.9. The van der Waals surface area contributed by atoms with E-state index >= 15 is 0 Å². The molecule has 2 aromatic rings. The lowest BCUT2D eigenvalue weighted by Gasteiger charge is -2.03. The maximum atomic E-state index is 10.1. The molecule has 0 aromatic heterocycles. The Labute approximate surface area is 110 Å². The van der Waals surface area contributed by atoms with Crippen LogP contribution in [0, 0.1) is 0 Å². The molecule has 1 N–H and O–H groups in total. The summed E-state index contributed by atoms with van der Waals surface area (Å²) in [7, 11) is 0. The van der Waals surface area contributed by atoms with E-state index < -0.39 is 6.10 Å². The standard InChI is InChI=1S/C15H11ClO2/c16-11-7-5-10(6-8-11)9-14-15(17)12-3-1-2-4-13(12)18-14/h1-9,15,17H/b14-9-. The van der Waals surface area contributed by atoms with E-state index in [2.05, 4.69) is 0 Å². The fourth-order valence-electron chi connectivity index (χ4n) is 1.97. The van der Waals surface area contributed by atoms with Crippen LogP contribution in [0.1, 0.15) is 17.2 Å². The Hall–Kier alpha value is -1.77. The van der Waals surface area contributed by atoms with Gasteiger partial charge in [-0.3, -0.25) is 0 Å². The van der Waals surface area contributed by atoms with Crippen molar-refractivity contribution in [3.63, 3.8) is 0 Å². The van der Waals surface area contributed by atoms with Crippen molar-refractivity contribution in [2.45, 2.75) is 6.10 Å². The molecule has 3 rings (SSSR count). The lowest BCUT2D eigenvalue weighted by molar-refractivity contribution is 0.193. The predicted octanol–water partition coefficient (Wildman–Crippen LogP) is 3.81. The van der Waals surface area contributed by atoms with Crippen LogP contribution in [0.5, 0.6) is 5.75 Å². The van der Waals surface area contributed by atoms with Gasteiger partial charge in [0, 0.05) is 10.6 Å². The van der Waals surface area contributed by atoms with E-state index in [1.165, 1.54) is 0 Å². The maximum absolute atomic E-state index is 10.1. The zero-order chi connectivity index (χ0) is 12.5. The summed E-state index contributed by atoms with van der Waals surface area (Å²) in [6.45, 7) is 0. The first-order chi connectivity index (χ1) is 8.74. The van der Waals surface area contributed by atoms with Gasteiger partial charge in [-0.1, -0.05) is 41.9 Å². The highest BCUT2D eigenvalue weighted by molar-refractivity contribution is 6.30. The van der Waals surface area contributed by atoms with E-state index in [-0.39, 0.29) is 0 Å². The summed E-state index contributed by atoms with van der Waals surface area (Å²) in [6.07, 6.45) is 1.12. The van der Waals surface area contributed by atoms with Crippen LogP contribution in [0.3, 0.4) is 0 Å². The molecule has 0 saturated heterocycles. The highest BCUT2D eigenvalue weighted by atomic mass is 35.5. The fraction of sp³-hybridized carbons (Fsp3) is 0.0667. The van der Waals surface area contributed by atoms with Crippen molar-refractivity contribution in [2.75, 3.05) is 0 Å². The second kappa shape index (κ2) is 4.48. The predicted molar refractivity (Wildman–Crippen MR) is 71.5 cm³/mol. The smallest absolute Gasteiger partial charge is 0.140 e. The van der Waals surface area contributed by atoms with Crippen molar-refractivity contribution in [2.24, 2.45) is 0 Å². The van der Waals surface area contributed by atoms with Crippen LogP contribution >= 0.6 is 11.6 Å². The molecule has 0 fully saturated rings. The summed E-state index contributed by atoms with van der Waals surface area (Å²) in [5.74, 6) is 1.25. The van der Waals surface area contributed by atoms with Crippen LogP contribution in [0.15, 0.2) is 54.3 Å². The number of aliphatic hydroxyl groups is 1. The molecule has 1 heterocycles. The maximum Gasteiger partial charge on any atom is 0.140 e. The van der Waals surface area contributed by atoms with E-state index in [4.69, 9.17) is 16.3 Å². The average Bonchev–Trinajstić information content (AvgIpc) is 2.70. The monoisotopic (exact) mass is 258 g/mol. The lowest BCUT2D eigenvalue weighted by Crippen LogP contribution is -1.96. The molecule has 90 valence electrons. The molecule has 0 radical (unpaired) electrons. The third-order valence-corrected chi connectivity index (χ3v) is 3.14. The van der Waals surface area contributed by atoms with E-state index in [1.807, 2.05) is 54.6 Å². The van der Waals surface area contributed by atoms with Crippen molar-refractivity contribution in [1.29, 1.82) is 0 Å². The highest BCUT2D eigenvalue weighted by Gasteiger charge is 2.26. The van der Waals surface area contributed by atoms with Crippen LogP contribution < -0.4 is 4.74 Å². The van der Waals surface area contributed by atoms with Gasteiger partial charge >= 0.3 is 0 Å². The Bertz CT molecular complexity index is 602. The number of hydrogen-bond acceptors (Lipinski definition) is 2. The number of ether oxygens (including phenoxy) is 1. The van der Waals surface area contributed by atoms with Crippen LogP contribution in [-0.2, 0) is 0 Å². The first-order valence-corrected chi connectivity index (χ1v) is 6.04. The molecule has 1 aliphatic heterocycles. The van der Waals surface area contributed by atoms with Crippen molar-refractivity contribution in [3.8, 4) is 5.75 Å². The molecule has 3 heteroatoms. The first-order valence-electron chi connectivity index (χ1n) is 5.66.